The zero-order chi connectivity index (χ0) is 20.3. The van der Waals surface area contributed by atoms with Crippen LogP contribution in [0.4, 0.5) is 11.6 Å². The summed E-state index contributed by atoms with van der Waals surface area (Å²) in [6, 6.07) is 12.6. The molecule has 3 aromatic rings. The number of rotatable bonds is 6. The maximum absolute atomic E-state index is 12.5. The second kappa shape index (κ2) is 8.63. The SMILES string of the molecule is Cc1nc(Nc2ccc(OC(C)C)c(Cl)c2)n(Cc2ccc(Cl)cc2)c(=O)n1. The van der Waals surface area contributed by atoms with Gasteiger partial charge >= 0.3 is 5.69 Å². The van der Waals surface area contributed by atoms with Crippen molar-refractivity contribution in [2.24, 2.45) is 0 Å². The first-order valence-corrected chi connectivity index (χ1v) is 9.50. The number of anilines is 2. The average Bonchev–Trinajstić information content (AvgIpc) is 2.61. The summed E-state index contributed by atoms with van der Waals surface area (Å²) in [7, 11) is 0. The first kappa shape index (κ1) is 20.2. The third-order valence-electron chi connectivity index (χ3n) is 3.82. The van der Waals surface area contributed by atoms with Crippen molar-refractivity contribution < 1.29 is 4.74 Å². The Hall–Kier alpha value is -2.57. The van der Waals surface area contributed by atoms with E-state index in [1.54, 1.807) is 31.2 Å². The summed E-state index contributed by atoms with van der Waals surface area (Å²) in [6.45, 7) is 5.84. The summed E-state index contributed by atoms with van der Waals surface area (Å²) in [5, 5.41) is 4.25. The highest BCUT2D eigenvalue weighted by Crippen LogP contribution is 2.29. The molecule has 0 saturated heterocycles. The lowest BCUT2D eigenvalue weighted by Crippen LogP contribution is -2.28. The Kier molecular flexibility index (Phi) is 6.21. The standard InChI is InChI=1S/C20H20Cl2N4O2/c1-12(2)28-18-9-8-16(10-17(18)22)25-19-23-13(3)24-20(27)26(19)11-14-4-6-15(21)7-5-14/h4-10,12H,11H2,1-3H3,(H,23,24,25,27). The molecule has 28 heavy (non-hydrogen) atoms. The second-order valence-corrected chi connectivity index (χ2v) is 7.37. The van der Waals surface area contributed by atoms with Gasteiger partial charge in [0.15, 0.2) is 0 Å². The van der Waals surface area contributed by atoms with Crippen LogP contribution in [0.1, 0.15) is 25.2 Å². The summed E-state index contributed by atoms with van der Waals surface area (Å²) in [5.41, 5.74) is 1.19. The third kappa shape index (κ3) is 5.03. The molecule has 0 atom stereocenters. The molecule has 0 aliphatic heterocycles. The van der Waals surface area contributed by atoms with E-state index in [9.17, 15) is 4.79 Å². The Morgan fingerprint density at radius 3 is 2.46 bits per heavy atom. The topological polar surface area (TPSA) is 69.0 Å². The molecular formula is C20H20Cl2N4O2. The van der Waals surface area contributed by atoms with Crippen molar-refractivity contribution >= 4 is 34.8 Å². The van der Waals surface area contributed by atoms with E-state index in [0.717, 1.165) is 5.56 Å². The van der Waals surface area contributed by atoms with Crippen LogP contribution in [-0.4, -0.2) is 20.6 Å². The highest BCUT2D eigenvalue weighted by atomic mass is 35.5. The molecule has 0 radical (unpaired) electrons. The number of ether oxygens (including phenoxy) is 1. The largest absolute Gasteiger partial charge is 0.489 e. The molecule has 1 heterocycles. The van der Waals surface area contributed by atoms with Gasteiger partial charge in [-0.05, 0) is 56.7 Å². The third-order valence-corrected chi connectivity index (χ3v) is 4.36. The van der Waals surface area contributed by atoms with Crippen LogP contribution in [0.3, 0.4) is 0 Å². The lowest BCUT2D eigenvalue weighted by molar-refractivity contribution is 0.242. The Bertz CT molecular complexity index is 1030. The minimum absolute atomic E-state index is 0.0189. The highest BCUT2D eigenvalue weighted by Gasteiger charge is 2.11. The number of halogens is 2. The number of hydrogen-bond acceptors (Lipinski definition) is 5. The molecule has 0 spiro atoms. The Balaban J connectivity index is 1.92. The zero-order valence-electron chi connectivity index (χ0n) is 15.7. The molecule has 3 rings (SSSR count). The minimum Gasteiger partial charge on any atom is -0.489 e. The van der Waals surface area contributed by atoms with E-state index >= 15 is 0 Å². The number of nitrogens with one attached hydrogen (secondary N) is 1. The van der Waals surface area contributed by atoms with Crippen LogP contribution in [0.2, 0.25) is 10.0 Å². The van der Waals surface area contributed by atoms with Crippen LogP contribution in [0, 0.1) is 6.92 Å². The van der Waals surface area contributed by atoms with Crippen molar-refractivity contribution in [1.82, 2.24) is 14.5 Å². The molecule has 8 heteroatoms. The molecule has 146 valence electrons. The fourth-order valence-corrected chi connectivity index (χ4v) is 2.95. The number of aryl methyl sites for hydroxylation is 1. The zero-order valence-corrected chi connectivity index (χ0v) is 17.3. The van der Waals surface area contributed by atoms with Gasteiger partial charge in [0.25, 0.3) is 0 Å². The van der Waals surface area contributed by atoms with E-state index < -0.39 is 5.69 Å². The van der Waals surface area contributed by atoms with Gasteiger partial charge in [-0.1, -0.05) is 35.3 Å². The van der Waals surface area contributed by atoms with Gasteiger partial charge < -0.3 is 10.1 Å². The quantitative estimate of drug-likeness (QED) is 0.620. The van der Waals surface area contributed by atoms with Gasteiger partial charge in [-0.15, -0.1) is 0 Å². The Labute approximate surface area is 173 Å². The lowest BCUT2D eigenvalue weighted by Gasteiger charge is -2.15. The molecule has 0 bridgehead atoms. The van der Waals surface area contributed by atoms with Gasteiger partial charge in [0.2, 0.25) is 5.95 Å². The molecular weight excluding hydrogens is 399 g/mol. The van der Waals surface area contributed by atoms with Crippen molar-refractivity contribution in [1.29, 1.82) is 0 Å². The van der Waals surface area contributed by atoms with E-state index in [2.05, 4.69) is 15.3 Å². The molecule has 2 aromatic carbocycles. The fraction of sp³-hybridized carbons (Fsp3) is 0.250. The van der Waals surface area contributed by atoms with E-state index in [1.807, 2.05) is 32.0 Å². The molecule has 0 aliphatic carbocycles. The van der Waals surface area contributed by atoms with Gasteiger partial charge in [0.1, 0.15) is 11.6 Å². The lowest BCUT2D eigenvalue weighted by atomic mass is 10.2. The normalized spacial score (nSPS) is 10.9. The summed E-state index contributed by atoms with van der Waals surface area (Å²) in [5.74, 6) is 1.35. The van der Waals surface area contributed by atoms with Crippen molar-refractivity contribution in [2.75, 3.05) is 5.32 Å². The maximum atomic E-state index is 12.5. The molecule has 0 aliphatic rings. The summed E-state index contributed by atoms with van der Waals surface area (Å²) in [4.78, 5) is 20.8. The molecule has 6 nitrogen and oxygen atoms in total. The van der Waals surface area contributed by atoms with Crippen LogP contribution < -0.4 is 15.7 Å². The molecule has 0 unspecified atom stereocenters. The first-order valence-electron chi connectivity index (χ1n) is 8.75. The summed E-state index contributed by atoms with van der Waals surface area (Å²) in [6.07, 6.45) is 0.0189. The van der Waals surface area contributed by atoms with Crippen molar-refractivity contribution in [2.45, 2.75) is 33.4 Å². The van der Waals surface area contributed by atoms with Crippen LogP contribution in [0.15, 0.2) is 47.3 Å². The number of benzene rings is 2. The van der Waals surface area contributed by atoms with Crippen LogP contribution >= 0.6 is 23.2 Å². The van der Waals surface area contributed by atoms with Gasteiger partial charge in [0.05, 0.1) is 17.7 Å². The smallest absolute Gasteiger partial charge is 0.352 e. The van der Waals surface area contributed by atoms with E-state index in [1.165, 1.54) is 4.57 Å². The van der Waals surface area contributed by atoms with E-state index in [-0.39, 0.29) is 6.10 Å². The van der Waals surface area contributed by atoms with Crippen LogP contribution in [0.25, 0.3) is 0 Å². The van der Waals surface area contributed by atoms with E-state index in [0.29, 0.717) is 39.8 Å². The second-order valence-electron chi connectivity index (χ2n) is 6.53. The molecule has 0 amide bonds. The van der Waals surface area contributed by atoms with Crippen molar-refractivity contribution in [3.63, 3.8) is 0 Å². The van der Waals surface area contributed by atoms with Gasteiger partial charge in [-0.3, -0.25) is 4.57 Å². The summed E-state index contributed by atoms with van der Waals surface area (Å²) >= 11 is 12.2. The predicted octanol–water partition coefficient (Wildman–Crippen LogP) is 4.83. The Morgan fingerprint density at radius 1 is 1.11 bits per heavy atom. The van der Waals surface area contributed by atoms with Crippen molar-refractivity contribution in [3.05, 3.63) is 74.4 Å². The maximum Gasteiger partial charge on any atom is 0.352 e. The predicted molar refractivity (Wildman–Crippen MR) is 112 cm³/mol. The molecule has 1 N–H and O–H groups in total. The highest BCUT2D eigenvalue weighted by molar-refractivity contribution is 6.32. The van der Waals surface area contributed by atoms with Gasteiger partial charge in [-0.2, -0.15) is 9.97 Å². The molecule has 0 fully saturated rings. The van der Waals surface area contributed by atoms with Crippen LogP contribution in [-0.2, 0) is 6.54 Å². The van der Waals surface area contributed by atoms with Gasteiger partial charge in [-0.25, -0.2) is 4.79 Å². The van der Waals surface area contributed by atoms with Gasteiger partial charge in [0, 0.05) is 10.7 Å². The fourth-order valence-electron chi connectivity index (χ4n) is 2.60. The average molecular weight is 419 g/mol. The molecule has 0 saturated carbocycles. The number of hydrogen-bond donors (Lipinski definition) is 1. The Morgan fingerprint density at radius 2 is 1.82 bits per heavy atom. The number of aromatic nitrogens is 3. The number of nitrogens with zero attached hydrogens (tertiary/aromatic N) is 3. The molecule has 1 aromatic heterocycles. The van der Waals surface area contributed by atoms with Crippen molar-refractivity contribution in [3.8, 4) is 5.75 Å². The summed E-state index contributed by atoms with van der Waals surface area (Å²) < 4.78 is 7.11. The van der Waals surface area contributed by atoms with Crippen LogP contribution in [0.5, 0.6) is 5.75 Å². The van der Waals surface area contributed by atoms with E-state index in [4.69, 9.17) is 27.9 Å². The monoisotopic (exact) mass is 418 g/mol. The minimum atomic E-state index is -0.393. The first-order chi connectivity index (χ1) is 13.3.